The Morgan fingerprint density at radius 2 is 2.00 bits per heavy atom. The van der Waals surface area contributed by atoms with Crippen molar-refractivity contribution < 1.29 is 0 Å². The summed E-state index contributed by atoms with van der Waals surface area (Å²) in [5.74, 6) is 0. The maximum Gasteiger partial charge on any atom is 0.0865 e. The van der Waals surface area contributed by atoms with Gasteiger partial charge in [0.05, 0.1) is 10.5 Å². The van der Waals surface area contributed by atoms with Gasteiger partial charge in [0.2, 0.25) is 0 Å². The maximum atomic E-state index is 6.43. The van der Waals surface area contributed by atoms with Crippen molar-refractivity contribution in [3.05, 3.63) is 38.4 Å². The van der Waals surface area contributed by atoms with E-state index in [1.54, 1.807) is 0 Å². The molecule has 0 amide bonds. The molecule has 0 aliphatic carbocycles. The zero-order valence-corrected chi connectivity index (χ0v) is 11.9. The summed E-state index contributed by atoms with van der Waals surface area (Å²) < 4.78 is 1.00. The lowest BCUT2D eigenvalue weighted by molar-refractivity contribution is 1.03. The number of hydrogen-bond donors (Lipinski definition) is 0. The monoisotopic (exact) mass is 297 g/mol. The van der Waals surface area contributed by atoms with Crippen LogP contribution in [-0.2, 0) is 6.42 Å². The highest BCUT2D eigenvalue weighted by Crippen LogP contribution is 2.34. The summed E-state index contributed by atoms with van der Waals surface area (Å²) in [5, 5.41) is 1.89. The first-order chi connectivity index (χ1) is 7.56. The van der Waals surface area contributed by atoms with Crippen LogP contribution in [-0.4, -0.2) is 4.98 Å². The van der Waals surface area contributed by atoms with E-state index in [1.165, 1.54) is 5.56 Å². The van der Waals surface area contributed by atoms with E-state index in [0.29, 0.717) is 0 Å². The Morgan fingerprint density at radius 3 is 2.62 bits per heavy atom. The number of halogens is 2. The minimum Gasteiger partial charge on any atom is -0.251 e. The van der Waals surface area contributed by atoms with Crippen LogP contribution in [0, 0.1) is 13.8 Å². The Balaban J connectivity index is 2.97. The van der Waals surface area contributed by atoms with Crippen molar-refractivity contribution in [2.45, 2.75) is 27.2 Å². The topological polar surface area (TPSA) is 12.9 Å². The second kappa shape index (κ2) is 4.34. The van der Waals surface area contributed by atoms with Crippen LogP contribution >= 0.6 is 27.5 Å². The third kappa shape index (κ3) is 1.74. The number of rotatable bonds is 1. The fourth-order valence-corrected chi connectivity index (χ4v) is 2.70. The second-order valence-electron chi connectivity index (χ2n) is 3.94. The van der Waals surface area contributed by atoms with Crippen LogP contribution in [0.3, 0.4) is 0 Å². The van der Waals surface area contributed by atoms with Crippen LogP contribution < -0.4 is 0 Å². The predicted molar refractivity (Wildman–Crippen MR) is 73.3 cm³/mol. The van der Waals surface area contributed by atoms with Gasteiger partial charge in [-0.2, -0.15) is 0 Å². The van der Waals surface area contributed by atoms with Crippen molar-refractivity contribution in [1.29, 1.82) is 0 Å². The quantitative estimate of drug-likeness (QED) is 0.735. The first-order valence-electron chi connectivity index (χ1n) is 5.30. The van der Waals surface area contributed by atoms with Gasteiger partial charge in [0.25, 0.3) is 0 Å². The summed E-state index contributed by atoms with van der Waals surface area (Å²) >= 11 is 9.96. The van der Waals surface area contributed by atoms with Gasteiger partial charge in [0, 0.05) is 15.6 Å². The lowest BCUT2D eigenvalue weighted by atomic mass is 10.0. The van der Waals surface area contributed by atoms with Gasteiger partial charge in [0.1, 0.15) is 0 Å². The van der Waals surface area contributed by atoms with Gasteiger partial charge in [-0.05, 0) is 53.4 Å². The Morgan fingerprint density at radius 1 is 1.31 bits per heavy atom. The third-order valence-electron chi connectivity index (χ3n) is 2.90. The SMILES string of the molecule is CCc1nc2c(Br)ccc(C)c2c(Cl)c1C. The molecule has 0 aliphatic heterocycles. The molecule has 0 bridgehead atoms. The van der Waals surface area contributed by atoms with Crippen LogP contribution in [0.25, 0.3) is 10.9 Å². The zero-order valence-electron chi connectivity index (χ0n) is 9.56. The molecule has 1 aromatic heterocycles. The highest BCUT2D eigenvalue weighted by Gasteiger charge is 2.12. The van der Waals surface area contributed by atoms with Crippen LogP contribution in [0.15, 0.2) is 16.6 Å². The van der Waals surface area contributed by atoms with E-state index in [9.17, 15) is 0 Å². The van der Waals surface area contributed by atoms with Gasteiger partial charge in [-0.3, -0.25) is 4.98 Å². The minimum absolute atomic E-state index is 0.834. The van der Waals surface area contributed by atoms with Gasteiger partial charge >= 0.3 is 0 Å². The highest BCUT2D eigenvalue weighted by atomic mass is 79.9. The van der Waals surface area contributed by atoms with Crippen LogP contribution in [0.5, 0.6) is 0 Å². The molecule has 0 atom stereocenters. The van der Waals surface area contributed by atoms with Crippen molar-refractivity contribution in [1.82, 2.24) is 4.98 Å². The summed E-state index contributed by atoms with van der Waals surface area (Å²) in [6, 6.07) is 4.08. The minimum atomic E-state index is 0.834. The molecule has 0 radical (unpaired) electrons. The number of fused-ring (bicyclic) bond motifs is 1. The number of aryl methyl sites for hydroxylation is 2. The fraction of sp³-hybridized carbons (Fsp3) is 0.308. The highest BCUT2D eigenvalue weighted by molar-refractivity contribution is 9.10. The predicted octanol–water partition coefficient (Wildman–Crippen LogP) is 4.83. The number of pyridine rings is 1. The van der Waals surface area contributed by atoms with Crippen LogP contribution in [0.1, 0.15) is 23.7 Å². The summed E-state index contributed by atoms with van der Waals surface area (Å²) in [4.78, 5) is 4.68. The lowest BCUT2D eigenvalue weighted by Crippen LogP contribution is -1.96. The summed E-state index contributed by atoms with van der Waals surface area (Å²) in [6.45, 7) is 6.20. The molecule has 0 N–H and O–H groups in total. The molecule has 16 heavy (non-hydrogen) atoms. The summed E-state index contributed by atoms with van der Waals surface area (Å²) in [6.07, 6.45) is 0.905. The summed E-state index contributed by atoms with van der Waals surface area (Å²) in [5.41, 5.74) is 4.30. The van der Waals surface area contributed by atoms with Gasteiger partial charge < -0.3 is 0 Å². The van der Waals surface area contributed by atoms with E-state index in [2.05, 4.69) is 40.8 Å². The van der Waals surface area contributed by atoms with Crippen molar-refractivity contribution in [3.63, 3.8) is 0 Å². The molecule has 3 heteroatoms. The molecule has 0 unspecified atom stereocenters. The molecule has 2 aromatic rings. The summed E-state index contributed by atoms with van der Waals surface area (Å²) in [7, 11) is 0. The van der Waals surface area contributed by atoms with E-state index in [4.69, 9.17) is 11.6 Å². The van der Waals surface area contributed by atoms with Crippen molar-refractivity contribution in [2.24, 2.45) is 0 Å². The first-order valence-corrected chi connectivity index (χ1v) is 6.47. The zero-order chi connectivity index (χ0) is 11.9. The van der Waals surface area contributed by atoms with E-state index < -0.39 is 0 Å². The molecule has 1 heterocycles. The molecular formula is C13H13BrClN. The van der Waals surface area contributed by atoms with Crippen LogP contribution in [0.2, 0.25) is 5.02 Å². The third-order valence-corrected chi connectivity index (χ3v) is 4.01. The molecule has 0 fully saturated rings. The molecule has 0 aliphatic rings. The molecule has 0 saturated carbocycles. The molecule has 0 saturated heterocycles. The standard InChI is InChI=1S/C13H13BrClN/c1-4-10-8(3)12(15)11-7(2)5-6-9(14)13(11)16-10/h5-6H,4H2,1-3H3. The molecule has 2 rings (SSSR count). The molecular weight excluding hydrogens is 286 g/mol. The van der Waals surface area contributed by atoms with E-state index in [1.807, 2.05) is 13.0 Å². The maximum absolute atomic E-state index is 6.43. The van der Waals surface area contributed by atoms with Crippen molar-refractivity contribution in [2.75, 3.05) is 0 Å². The largest absolute Gasteiger partial charge is 0.251 e. The van der Waals surface area contributed by atoms with Crippen LogP contribution in [0.4, 0.5) is 0 Å². The molecule has 84 valence electrons. The molecule has 1 nitrogen and oxygen atoms in total. The van der Waals surface area contributed by atoms with Gasteiger partial charge in [-0.1, -0.05) is 24.6 Å². The molecule has 0 spiro atoms. The van der Waals surface area contributed by atoms with E-state index in [0.717, 1.165) is 38.1 Å². The Kier molecular flexibility index (Phi) is 3.22. The normalized spacial score (nSPS) is 11.1. The number of nitrogens with zero attached hydrogens (tertiary/aromatic N) is 1. The van der Waals surface area contributed by atoms with E-state index >= 15 is 0 Å². The average molecular weight is 299 g/mol. The fourth-order valence-electron chi connectivity index (χ4n) is 1.93. The molecule has 1 aromatic carbocycles. The van der Waals surface area contributed by atoms with Crippen molar-refractivity contribution in [3.8, 4) is 0 Å². The number of aromatic nitrogens is 1. The first kappa shape index (κ1) is 11.9. The van der Waals surface area contributed by atoms with Crippen molar-refractivity contribution >= 4 is 38.4 Å². The Labute approximate surface area is 109 Å². The smallest absolute Gasteiger partial charge is 0.0865 e. The number of hydrogen-bond acceptors (Lipinski definition) is 1. The average Bonchev–Trinajstić information content (AvgIpc) is 2.27. The van der Waals surface area contributed by atoms with Gasteiger partial charge in [0.15, 0.2) is 0 Å². The van der Waals surface area contributed by atoms with E-state index in [-0.39, 0.29) is 0 Å². The Hall–Kier alpha value is -0.600. The van der Waals surface area contributed by atoms with Gasteiger partial charge in [-0.15, -0.1) is 0 Å². The van der Waals surface area contributed by atoms with Gasteiger partial charge in [-0.25, -0.2) is 0 Å². The lowest BCUT2D eigenvalue weighted by Gasteiger charge is -2.11. The number of benzene rings is 1. The Bertz CT molecular complexity index is 564. The second-order valence-corrected chi connectivity index (χ2v) is 5.17.